The van der Waals surface area contributed by atoms with E-state index in [1.807, 2.05) is 30.3 Å². The van der Waals surface area contributed by atoms with Crippen LogP contribution in [-0.2, 0) is 11.2 Å². The van der Waals surface area contributed by atoms with Gasteiger partial charge >= 0.3 is 0 Å². The number of ether oxygens (including phenoxy) is 1. The minimum absolute atomic E-state index is 0.119. The Bertz CT molecular complexity index is 1300. The third kappa shape index (κ3) is 7.49. The molecule has 5 nitrogen and oxygen atoms in total. The van der Waals surface area contributed by atoms with Crippen molar-refractivity contribution in [2.24, 2.45) is 0 Å². The van der Waals surface area contributed by atoms with Gasteiger partial charge in [-0.1, -0.05) is 119 Å². The highest BCUT2D eigenvalue weighted by Gasteiger charge is 2.36. The average Bonchev–Trinajstić information content (AvgIpc) is 3.15. The van der Waals surface area contributed by atoms with Crippen LogP contribution in [0.15, 0.2) is 89.8 Å². The molecule has 2 amide bonds. The number of benzene rings is 3. The van der Waals surface area contributed by atoms with Crippen LogP contribution in [0, 0.1) is 0 Å². The first-order chi connectivity index (χ1) is 17.7. The Kier molecular flexibility index (Phi) is 9.16. The molecule has 3 aromatic carbocycles. The highest BCUT2D eigenvalue weighted by atomic mass is 35.6. The van der Waals surface area contributed by atoms with Gasteiger partial charge in [0.25, 0.3) is 11.8 Å². The van der Waals surface area contributed by atoms with Crippen LogP contribution in [0.1, 0.15) is 21.5 Å². The SMILES string of the molecule is O=C(NC(Oc1ccc(C=C2SC(=S)N(CCc3ccccc3)C2=O)cc1)C(Cl)(Cl)Cl)c1ccccc1. The molecule has 0 spiro atoms. The lowest BCUT2D eigenvalue weighted by atomic mass is 10.1. The lowest BCUT2D eigenvalue weighted by Gasteiger charge is -2.26. The van der Waals surface area contributed by atoms with Crippen molar-refractivity contribution in [2.75, 3.05) is 6.54 Å². The Morgan fingerprint density at radius 1 is 1.00 bits per heavy atom. The normalized spacial score (nSPS) is 15.6. The quantitative estimate of drug-likeness (QED) is 0.138. The summed E-state index contributed by atoms with van der Waals surface area (Å²) < 4.78 is 4.39. The smallest absolute Gasteiger partial charge is 0.266 e. The second-order valence-electron chi connectivity index (χ2n) is 8.02. The predicted octanol–water partition coefficient (Wildman–Crippen LogP) is 6.64. The molecular formula is C27H21Cl3N2O3S2. The van der Waals surface area contributed by atoms with E-state index < -0.39 is 15.9 Å². The van der Waals surface area contributed by atoms with Crippen molar-refractivity contribution >= 4 is 81.0 Å². The second kappa shape index (κ2) is 12.3. The van der Waals surface area contributed by atoms with E-state index in [4.69, 9.17) is 51.8 Å². The zero-order valence-electron chi connectivity index (χ0n) is 19.3. The molecule has 3 aromatic rings. The van der Waals surface area contributed by atoms with Crippen LogP contribution in [0.3, 0.4) is 0 Å². The summed E-state index contributed by atoms with van der Waals surface area (Å²) in [6, 6.07) is 25.4. The molecule has 10 heteroatoms. The van der Waals surface area contributed by atoms with E-state index >= 15 is 0 Å². The number of alkyl halides is 3. The van der Waals surface area contributed by atoms with Gasteiger partial charge in [0.15, 0.2) is 0 Å². The highest BCUT2D eigenvalue weighted by molar-refractivity contribution is 8.26. The average molecular weight is 592 g/mol. The number of nitrogens with one attached hydrogen (secondary N) is 1. The molecule has 0 aliphatic carbocycles. The summed E-state index contributed by atoms with van der Waals surface area (Å²) in [6.07, 6.45) is 1.25. The Balaban J connectivity index is 1.40. The molecule has 4 rings (SSSR count). The van der Waals surface area contributed by atoms with Gasteiger partial charge in [-0.2, -0.15) is 0 Å². The fraction of sp³-hybridized carbons (Fsp3) is 0.148. The number of carbonyl (C=O) groups is 2. The highest BCUT2D eigenvalue weighted by Crippen LogP contribution is 2.34. The number of hydrogen-bond donors (Lipinski definition) is 1. The summed E-state index contributed by atoms with van der Waals surface area (Å²) in [7, 11) is 0. The van der Waals surface area contributed by atoms with Crippen LogP contribution in [0.4, 0.5) is 0 Å². The van der Waals surface area contributed by atoms with Crippen molar-refractivity contribution in [1.29, 1.82) is 0 Å². The molecule has 1 atom stereocenters. The van der Waals surface area contributed by atoms with E-state index in [1.54, 1.807) is 65.6 Å². The van der Waals surface area contributed by atoms with Gasteiger partial charge in [-0.15, -0.1) is 0 Å². The first kappa shape index (κ1) is 27.5. The largest absolute Gasteiger partial charge is 0.466 e. The molecule has 1 fully saturated rings. The van der Waals surface area contributed by atoms with E-state index in [-0.39, 0.29) is 5.91 Å². The molecule has 1 aliphatic rings. The summed E-state index contributed by atoms with van der Waals surface area (Å²) in [6.45, 7) is 0.520. The Morgan fingerprint density at radius 2 is 1.62 bits per heavy atom. The number of hydrogen-bond acceptors (Lipinski definition) is 5. The molecule has 37 heavy (non-hydrogen) atoms. The lowest BCUT2D eigenvalue weighted by molar-refractivity contribution is -0.122. The lowest BCUT2D eigenvalue weighted by Crippen LogP contribution is -2.47. The van der Waals surface area contributed by atoms with Crippen molar-refractivity contribution < 1.29 is 14.3 Å². The summed E-state index contributed by atoms with van der Waals surface area (Å²) in [5.74, 6) is -0.189. The van der Waals surface area contributed by atoms with Gasteiger partial charge in [-0.05, 0) is 47.9 Å². The van der Waals surface area contributed by atoms with Crippen molar-refractivity contribution in [3.63, 3.8) is 0 Å². The topological polar surface area (TPSA) is 58.6 Å². The molecular weight excluding hydrogens is 571 g/mol. The molecule has 0 bridgehead atoms. The van der Waals surface area contributed by atoms with Gasteiger partial charge in [0.05, 0.1) is 4.91 Å². The molecule has 0 radical (unpaired) electrons. The molecule has 190 valence electrons. The summed E-state index contributed by atoms with van der Waals surface area (Å²) in [5.41, 5.74) is 2.32. The maximum absolute atomic E-state index is 12.9. The van der Waals surface area contributed by atoms with Crippen molar-refractivity contribution in [3.05, 3.63) is 107 Å². The van der Waals surface area contributed by atoms with Crippen LogP contribution in [0.5, 0.6) is 5.75 Å². The Labute approximate surface area is 239 Å². The van der Waals surface area contributed by atoms with E-state index in [0.29, 0.717) is 27.1 Å². The van der Waals surface area contributed by atoms with Gasteiger partial charge in [0, 0.05) is 12.1 Å². The fourth-order valence-electron chi connectivity index (χ4n) is 3.48. The zero-order chi connectivity index (χ0) is 26.4. The minimum Gasteiger partial charge on any atom is -0.466 e. The standard InChI is InChI=1S/C27H21Cl3N2O3S2/c28-27(29,30)25(31-23(33)20-9-5-2-6-10-20)35-21-13-11-19(12-14-21)17-22-24(34)32(26(36)37-22)16-15-18-7-3-1-4-8-18/h1-14,17,25H,15-16H2,(H,31,33). The number of halogens is 3. The molecule has 1 aliphatic heterocycles. The van der Waals surface area contributed by atoms with Gasteiger partial charge in [-0.25, -0.2) is 0 Å². The summed E-state index contributed by atoms with van der Waals surface area (Å²) in [5, 5.41) is 2.60. The number of amides is 2. The zero-order valence-corrected chi connectivity index (χ0v) is 23.2. The molecule has 1 saturated heterocycles. The fourth-order valence-corrected chi connectivity index (χ4v) is 5.08. The predicted molar refractivity (Wildman–Crippen MR) is 155 cm³/mol. The van der Waals surface area contributed by atoms with Crippen LogP contribution >= 0.6 is 58.8 Å². The number of nitrogens with zero attached hydrogens (tertiary/aromatic N) is 1. The van der Waals surface area contributed by atoms with Gasteiger partial charge in [0.1, 0.15) is 10.1 Å². The maximum Gasteiger partial charge on any atom is 0.266 e. The molecule has 1 N–H and O–H groups in total. The van der Waals surface area contributed by atoms with E-state index in [9.17, 15) is 9.59 Å². The Morgan fingerprint density at radius 3 is 2.24 bits per heavy atom. The maximum atomic E-state index is 12.9. The summed E-state index contributed by atoms with van der Waals surface area (Å²) >= 11 is 24.9. The number of rotatable bonds is 8. The van der Waals surface area contributed by atoms with Crippen LogP contribution in [0.2, 0.25) is 0 Å². The first-order valence-corrected chi connectivity index (χ1v) is 13.6. The van der Waals surface area contributed by atoms with Gasteiger partial charge in [0.2, 0.25) is 10.0 Å². The van der Waals surface area contributed by atoms with Crippen molar-refractivity contribution in [1.82, 2.24) is 10.2 Å². The monoisotopic (exact) mass is 590 g/mol. The van der Waals surface area contributed by atoms with Crippen molar-refractivity contribution in [3.8, 4) is 5.75 Å². The number of thiocarbonyl (C=S) groups is 1. The van der Waals surface area contributed by atoms with Gasteiger partial charge in [-0.3, -0.25) is 14.5 Å². The summed E-state index contributed by atoms with van der Waals surface area (Å²) in [4.78, 5) is 27.6. The van der Waals surface area contributed by atoms with E-state index in [2.05, 4.69) is 5.32 Å². The molecule has 1 unspecified atom stereocenters. The molecule has 0 saturated carbocycles. The van der Waals surface area contributed by atoms with Crippen LogP contribution in [-0.4, -0.2) is 37.6 Å². The Hall–Kier alpha value is -2.55. The van der Waals surface area contributed by atoms with Crippen molar-refractivity contribution in [2.45, 2.75) is 16.4 Å². The number of carbonyl (C=O) groups excluding carboxylic acids is 2. The molecule has 1 heterocycles. The van der Waals surface area contributed by atoms with Gasteiger partial charge < -0.3 is 10.1 Å². The first-order valence-electron chi connectivity index (χ1n) is 11.2. The van der Waals surface area contributed by atoms with Crippen LogP contribution in [0.25, 0.3) is 6.08 Å². The second-order valence-corrected chi connectivity index (χ2v) is 12.1. The number of thioether (sulfide) groups is 1. The third-order valence-corrected chi connectivity index (χ3v) is 7.34. The van der Waals surface area contributed by atoms with Crippen LogP contribution < -0.4 is 10.1 Å². The van der Waals surface area contributed by atoms with E-state index in [0.717, 1.165) is 17.5 Å². The van der Waals surface area contributed by atoms with E-state index in [1.165, 1.54) is 11.8 Å². The molecule has 0 aromatic heterocycles. The third-order valence-electron chi connectivity index (χ3n) is 5.37. The minimum atomic E-state index is -1.92.